The zero-order valence-corrected chi connectivity index (χ0v) is 12.5. The molecule has 0 saturated heterocycles. The normalized spacial score (nSPS) is 21.2. The summed E-state index contributed by atoms with van der Waals surface area (Å²) in [5, 5.41) is 12.0. The molecule has 2 atom stereocenters. The number of carboxylic acid groups (broad SMARTS) is 1. The molecule has 0 aliphatic heterocycles. The lowest BCUT2D eigenvalue weighted by atomic mass is 10.0. The molecule has 1 aliphatic carbocycles. The number of carboxylic acids is 1. The average Bonchev–Trinajstić information content (AvgIpc) is 2.94. The fourth-order valence-electron chi connectivity index (χ4n) is 2.88. The molecule has 0 radical (unpaired) electrons. The second-order valence-corrected chi connectivity index (χ2v) is 5.76. The first-order chi connectivity index (χ1) is 10.1. The molecule has 4 nitrogen and oxygen atoms in total. The fourth-order valence-corrected chi connectivity index (χ4v) is 2.88. The van der Waals surface area contributed by atoms with Gasteiger partial charge in [-0.25, -0.2) is 0 Å². The lowest BCUT2D eigenvalue weighted by Gasteiger charge is -2.17. The molecule has 0 heterocycles. The van der Waals surface area contributed by atoms with E-state index in [4.69, 9.17) is 5.11 Å². The van der Waals surface area contributed by atoms with Gasteiger partial charge in [0.25, 0.3) is 5.91 Å². The topological polar surface area (TPSA) is 66.4 Å². The molecule has 0 bridgehead atoms. The van der Waals surface area contributed by atoms with Gasteiger partial charge >= 0.3 is 5.97 Å². The van der Waals surface area contributed by atoms with Crippen LogP contribution in [-0.4, -0.2) is 23.0 Å². The highest BCUT2D eigenvalue weighted by molar-refractivity contribution is 5.94. The van der Waals surface area contributed by atoms with Crippen molar-refractivity contribution >= 4 is 11.9 Å². The number of hydrogen-bond acceptors (Lipinski definition) is 2. The van der Waals surface area contributed by atoms with Crippen molar-refractivity contribution in [1.82, 2.24) is 5.32 Å². The molecule has 2 N–H and O–H groups in total. The predicted molar refractivity (Wildman–Crippen MR) is 81.3 cm³/mol. The number of amides is 1. The van der Waals surface area contributed by atoms with Crippen LogP contribution in [0.1, 0.15) is 54.9 Å². The van der Waals surface area contributed by atoms with Crippen molar-refractivity contribution in [3.05, 3.63) is 35.4 Å². The van der Waals surface area contributed by atoms with Crippen molar-refractivity contribution in [3.8, 4) is 0 Å². The van der Waals surface area contributed by atoms with Gasteiger partial charge in [0.05, 0.1) is 5.92 Å². The Balaban J connectivity index is 1.95. The SMILES string of the molecule is CCCCc1ccc(C(=O)NC2CCCC2C(=O)O)cc1. The van der Waals surface area contributed by atoms with Gasteiger partial charge in [-0.2, -0.15) is 0 Å². The molecule has 0 spiro atoms. The maximum Gasteiger partial charge on any atom is 0.308 e. The zero-order valence-electron chi connectivity index (χ0n) is 12.5. The highest BCUT2D eigenvalue weighted by atomic mass is 16.4. The number of nitrogens with one attached hydrogen (secondary N) is 1. The summed E-state index contributed by atoms with van der Waals surface area (Å²) in [5.74, 6) is -1.43. The van der Waals surface area contributed by atoms with Gasteiger partial charge in [-0.05, 0) is 43.4 Å². The van der Waals surface area contributed by atoms with Crippen LogP contribution >= 0.6 is 0 Å². The minimum atomic E-state index is -0.812. The summed E-state index contributed by atoms with van der Waals surface area (Å²) in [6.45, 7) is 2.16. The van der Waals surface area contributed by atoms with E-state index < -0.39 is 11.9 Å². The van der Waals surface area contributed by atoms with E-state index in [9.17, 15) is 9.59 Å². The summed E-state index contributed by atoms with van der Waals surface area (Å²) in [4.78, 5) is 23.3. The second-order valence-electron chi connectivity index (χ2n) is 5.76. The first-order valence-electron chi connectivity index (χ1n) is 7.74. The fraction of sp³-hybridized carbons (Fsp3) is 0.529. The van der Waals surface area contributed by atoms with Gasteiger partial charge in [0.15, 0.2) is 0 Å². The van der Waals surface area contributed by atoms with Crippen LogP contribution in [0.25, 0.3) is 0 Å². The van der Waals surface area contributed by atoms with Crippen LogP contribution in [0.5, 0.6) is 0 Å². The predicted octanol–water partition coefficient (Wildman–Crippen LogP) is 3.01. The number of hydrogen-bond donors (Lipinski definition) is 2. The lowest BCUT2D eigenvalue weighted by molar-refractivity contribution is -0.142. The molecule has 1 aromatic rings. The number of carbonyl (C=O) groups excluding carboxylic acids is 1. The van der Waals surface area contributed by atoms with Crippen LogP contribution in [0.15, 0.2) is 24.3 Å². The van der Waals surface area contributed by atoms with Crippen LogP contribution in [0, 0.1) is 5.92 Å². The third-order valence-corrected chi connectivity index (χ3v) is 4.18. The minimum absolute atomic E-state index is 0.171. The smallest absolute Gasteiger partial charge is 0.308 e. The van der Waals surface area contributed by atoms with Gasteiger partial charge < -0.3 is 10.4 Å². The van der Waals surface area contributed by atoms with Crippen LogP contribution in [0.3, 0.4) is 0 Å². The molecule has 1 fully saturated rings. The molecule has 1 aromatic carbocycles. The maximum atomic E-state index is 12.2. The van der Waals surface area contributed by atoms with E-state index in [1.165, 1.54) is 5.56 Å². The van der Waals surface area contributed by atoms with Gasteiger partial charge in [0.1, 0.15) is 0 Å². The molecular formula is C17H23NO3. The molecular weight excluding hydrogens is 266 g/mol. The van der Waals surface area contributed by atoms with Crippen molar-refractivity contribution in [2.45, 2.75) is 51.5 Å². The van der Waals surface area contributed by atoms with E-state index in [2.05, 4.69) is 12.2 Å². The van der Waals surface area contributed by atoms with E-state index in [-0.39, 0.29) is 11.9 Å². The van der Waals surface area contributed by atoms with Crippen molar-refractivity contribution in [3.63, 3.8) is 0 Å². The first kappa shape index (κ1) is 15.5. The molecule has 114 valence electrons. The van der Waals surface area contributed by atoms with Crippen LogP contribution in [0.4, 0.5) is 0 Å². The van der Waals surface area contributed by atoms with Gasteiger partial charge in [0, 0.05) is 11.6 Å². The Bertz CT molecular complexity index is 495. The molecule has 1 aliphatic rings. The van der Waals surface area contributed by atoms with E-state index in [0.717, 1.165) is 32.1 Å². The zero-order chi connectivity index (χ0) is 15.2. The summed E-state index contributed by atoms with van der Waals surface area (Å²) >= 11 is 0. The average molecular weight is 289 g/mol. The third-order valence-electron chi connectivity index (χ3n) is 4.18. The van der Waals surface area contributed by atoms with Gasteiger partial charge in [0.2, 0.25) is 0 Å². The Morgan fingerprint density at radius 2 is 1.95 bits per heavy atom. The van der Waals surface area contributed by atoms with Crippen LogP contribution in [0.2, 0.25) is 0 Å². The van der Waals surface area contributed by atoms with Crippen molar-refractivity contribution < 1.29 is 14.7 Å². The first-order valence-corrected chi connectivity index (χ1v) is 7.74. The maximum absolute atomic E-state index is 12.2. The van der Waals surface area contributed by atoms with Crippen LogP contribution < -0.4 is 5.32 Å². The minimum Gasteiger partial charge on any atom is -0.481 e. The highest BCUT2D eigenvalue weighted by Crippen LogP contribution is 2.26. The second kappa shape index (κ2) is 7.25. The Labute approximate surface area is 125 Å². The van der Waals surface area contributed by atoms with Crippen LogP contribution in [-0.2, 0) is 11.2 Å². The Kier molecular flexibility index (Phi) is 5.37. The summed E-state index contributed by atoms with van der Waals surface area (Å²) in [6.07, 6.45) is 5.59. The van der Waals surface area contributed by atoms with Crippen molar-refractivity contribution in [2.24, 2.45) is 5.92 Å². The molecule has 21 heavy (non-hydrogen) atoms. The largest absolute Gasteiger partial charge is 0.481 e. The molecule has 2 rings (SSSR count). The summed E-state index contributed by atoms with van der Waals surface area (Å²) in [6, 6.07) is 7.37. The van der Waals surface area contributed by atoms with E-state index in [1.807, 2.05) is 24.3 Å². The molecule has 1 amide bonds. The number of aryl methyl sites for hydroxylation is 1. The summed E-state index contributed by atoms with van der Waals surface area (Å²) < 4.78 is 0. The Hall–Kier alpha value is -1.84. The Morgan fingerprint density at radius 1 is 1.24 bits per heavy atom. The van der Waals surface area contributed by atoms with E-state index in [0.29, 0.717) is 12.0 Å². The number of benzene rings is 1. The summed E-state index contributed by atoms with van der Waals surface area (Å²) in [5.41, 5.74) is 1.84. The number of unbranched alkanes of at least 4 members (excludes halogenated alkanes) is 1. The number of rotatable bonds is 6. The number of aliphatic carboxylic acids is 1. The molecule has 4 heteroatoms. The Morgan fingerprint density at radius 3 is 2.57 bits per heavy atom. The molecule has 0 aromatic heterocycles. The molecule has 1 saturated carbocycles. The van der Waals surface area contributed by atoms with Crippen molar-refractivity contribution in [2.75, 3.05) is 0 Å². The quantitative estimate of drug-likeness (QED) is 0.846. The van der Waals surface area contributed by atoms with Gasteiger partial charge in [-0.15, -0.1) is 0 Å². The standard InChI is InChI=1S/C17H23NO3/c1-2-3-5-12-8-10-13(11-9-12)16(19)18-15-7-4-6-14(15)17(20)21/h8-11,14-15H,2-7H2,1H3,(H,18,19)(H,20,21). The van der Waals surface area contributed by atoms with E-state index >= 15 is 0 Å². The number of carbonyl (C=O) groups is 2. The lowest BCUT2D eigenvalue weighted by Crippen LogP contribution is -2.40. The van der Waals surface area contributed by atoms with Crippen molar-refractivity contribution in [1.29, 1.82) is 0 Å². The molecule has 2 unspecified atom stereocenters. The highest BCUT2D eigenvalue weighted by Gasteiger charge is 2.33. The summed E-state index contributed by atoms with van der Waals surface area (Å²) in [7, 11) is 0. The monoisotopic (exact) mass is 289 g/mol. The third kappa shape index (κ3) is 4.06. The van der Waals surface area contributed by atoms with E-state index in [1.54, 1.807) is 0 Å². The van der Waals surface area contributed by atoms with Gasteiger partial charge in [-0.3, -0.25) is 9.59 Å². The van der Waals surface area contributed by atoms with Gasteiger partial charge in [-0.1, -0.05) is 31.9 Å².